The highest BCUT2D eigenvalue weighted by Gasteiger charge is 2.43. The molecule has 0 unspecified atom stereocenters. The molecule has 25 heavy (non-hydrogen) atoms. The third kappa shape index (κ3) is 5.14. The Labute approximate surface area is 145 Å². The van der Waals surface area contributed by atoms with Gasteiger partial charge >= 0.3 is 12.1 Å². The van der Waals surface area contributed by atoms with Crippen molar-refractivity contribution < 1.29 is 28.7 Å². The predicted molar refractivity (Wildman–Crippen MR) is 87.3 cm³/mol. The first-order chi connectivity index (χ1) is 11.7. The molecule has 0 saturated carbocycles. The second-order valence-electron chi connectivity index (χ2n) is 6.77. The van der Waals surface area contributed by atoms with E-state index in [1.54, 1.807) is 45.0 Å². The zero-order valence-electron chi connectivity index (χ0n) is 14.5. The van der Waals surface area contributed by atoms with Crippen molar-refractivity contribution in [3.8, 4) is 0 Å². The number of Topliss-reactive ketones (excluding diaryl/α,β-unsaturated/α-hetero) is 1. The van der Waals surface area contributed by atoms with Gasteiger partial charge in [-0.1, -0.05) is 30.3 Å². The van der Waals surface area contributed by atoms with E-state index in [4.69, 9.17) is 9.47 Å². The summed E-state index contributed by atoms with van der Waals surface area (Å²) in [7, 11) is 0. The zero-order valence-corrected chi connectivity index (χ0v) is 14.5. The van der Waals surface area contributed by atoms with Crippen molar-refractivity contribution in [3.05, 3.63) is 35.9 Å². The van der Waals surface area contributed by atoms with Crippen LogP contribution in [0.15, 0.2) is 30.3 Å². The minimum Gasteiger partial charge on any atom is -0.459 e. The van der Waals surface area contributed by atoms with Crippen LogP contribution in [0.2, 0.25) is 0 Å². The predicted octanol–water partition coefficient (Wildman–Crippen LogP) is 2.22. The van der Waals surface area contributed by atoms with Crippen LogP contribution in [0.1, 0.15) is 39.2 Å². The van der Waals surface area contributed by atoms with E-state index in [2.05, 4.69) is 0 Å². The fourth-order valence-electron chi connectivity index (χ4n) is 2.36. The van der Waals surface area contributed by atoms with Gasteiger partial charge in [-0.2, -0.15) is 0 Å². The first kappa shape index (κ1) is 18.6. The molecule has 0 N–H and O–H groups in total. The molecule has 0 bridgehead atoms. The molecule has 7 nitrogen and oxygen atoms in total. The lowest BCUT2D eigenvalue weighted by molar-refractivity contribution is -0.160. The number of ketones is 1. The standard InChI is InChI=1S/C18H21NO6/c1-18(2,3)25-17(23)19-14(9-13(20)10-15(19)21)16(22)24-11-12-7-5-4-6-8-12/h4-8,14H,9-11H2,1-3H3/t14-/m0/s1. The van der Waals surface area contributed by atoms with Gasteiger partial charge in [-0.25, -0.2) is 14.5 Å². The quantitative estimate of drug-likeness (QED) is 0.615. The average Bonchev–Trinajstić information content (AvgIpc) is 2.51. The smallest absolute Gasteiger partial charge is 0.417 e. The number of ether oxygens (including phenoxy) is 2. The number of hydrogen-bond donors (Lipinski definition) is 0. The maximum Gasteiger partial charge on any atom is 0.417 e. The van der Waals surface area contributed by atoms with Crippen molar-refractivity contribution in [1.29, 1.82) is 0 Å². The largest absolute Gasteiger partial charge is 0.459 e. The van der Waals surface area contributed by atoms with E-state index in [1.165, 1.54) is 0 Å². The molecule has 2 rings (SSSR count). The van der Waals surface area contributed by atoms with Gasteiger partial charge < -0.3 is 9.47 Å². The summed E-state index contributed by atoms with van der Waals surface area (Å²) in [6, 6.07) is 7.67. The first-order valence-corrected chi connectivity index (χ1v) is 7.94. The minimum atomic E-state index is -1.30. The lowest BCUT2D eigenvalue weighted by Gasteiger charge is -2.33. The second kappa shape index (κ2) is 7.46. The number of esters is 1. The number of piperidine rings is 1. The fraction of sp³-hybridized carbons (Fsp3) is 0.444. The fourth-order valence-corrected chi connectivity index (χ4v) is 2.36. The maximum atomic E-state index is 12.4. The van der Waals surface area contributed by atoms with Crippen LogP contribution in [0.25, 0.3) is 0 Å². The Kier molecular flexibility index (Phi) is 5.56. The van der Waals surface area contributed by atoms with Gasteiger partial charge in [0.1, 0.15) is 24.0 Å². The molecule has 134 valence electrons. The highest BCUT2D eigenvalue weighted by molar-refractivity contribution is 6.09. The van der Waals surface area contributed by atoms with Gasteiger partial charge in [0.15, 0.2) is 0 Å². The summed E-state index contributed by atoms with van der Waals surface area (Å²) in [5, 5.41) is 0. The molecule has 1 aromatic carbocycles. The van der Waals surface area contributed by atoms with E-state index in [9.17, 15) is 19.2 Å². The van der Waals surface area contributed by atoms with Crippen LogP contribution in [0.3, 0.4) is 0 Å². The van der Waals surface area contributed by atoms with Crippen LogP contribution in [-0.2, 0) is 30.5 Å². The summed E-state index contributed by atoms with van der Waals surface area (Å²) < 4.78 is 10.4. The Hall–Kier alpha value is -2.70. The van der Waals surface area contributed by atoms with Crippen molar-refractivity contribution >= 4 is 23.8 Å². The van der Waals surface area contributed by atoms with Crippen LogP contribution in [-0.4, -0.2) is 40.3 Å². The number of nitrogens with zero attached hydrogens (tertiary/aromatic N) is 1. The molecule has 0 aliphatic carbocycles. The topological polar surface area (TPSA) is 90.0 Å². The maximum absolute atomic E-state index is 12.4. The number of amides is 2. The Balaban J connectivity index is 2.12. The Morgan fingerprint density at radius 1 is 1.16 bits per heavy atom. The number of imide groups is 1. The SMILES string of the molecule is CC(C)(C)OC(=O)N1C(=O)CC(=O)C[C@H]1C(=O)OCc1ccccc1. The summed E-state index contributed by atoms with van der Waals surface area (Å²) >= 11 is 0. The zero-order chi connectivity index (χ0) is 18.6. The molecule has 1 aliphatic heterocycles. The lowest BCUT2D eigenvalue weighted by atomic mass is 10.0. The number of likely N-dealkylation sites (tertiary alicyclic amines) is 1. The number of hydrogen-bond acceptors (Lipinski definition) is 6. The molecular weight excluding hydrogens is 326 g/mol. The van der Waals surface area contributed by atoms with Gasteiger partial charge in [0.05, 0.1) is 6.42 Å². The van der Waals surface area contributed by atoms with E-state index >= 15 is 0 Å². The van der Waals surface area contributed by atoms with Crippen molar-refractivity contribution in [2.45, 2.75) is 51.9 Å². The van der Waals surface area contributed by atoms with Crippen LogP contribution >= 0.6 is 0 Å². The summed E-state index contributed by atoms with van der Waals surface area (Å²) in [5.74, 6) is -1.98. The van der Waals surface area contributed by atoms with Crippen molar-refractivity contribution in [2.24, 2.45) is 0 Å². The Morgan fingerprint density at radius 3 is 2.40 bits per heavy atom. The Morgan fingerprint density at radius 2 is 1.80 bits per heavy atom. The summed E-state index contributed by atoms with van der Waals surface area (Å²) in [4.78, 5) is 49.2. The monoisotopic (exact) mass is 347 g/mol. The number of carbonyl (C=O) groups is 4. The molecule has 7 heteroatoms. The van der Waals surface area contributed by atoms with Gasteiger partial charge in [0.2, 0.25) is 5.91 Å². The molecule has 0 radical (unpaired) electrons. The molecule has 2 amide bonds. The van der Waals surface area contributed by atoms with Gasteiger partial charge in [-0.15, -0.1) is 0 Å². The highest BCUT2D eigenvalue weighted by Crippen LogP contribution is 2.21. The highest BCUT2D eigenvalue weighted by atomic mass is 16.6. The molecular formula is C18H21NO6. The molecule has 1 atom stereocenters. The number of rotatable bonds is 3. The third-order valence-electron chi connectivity index (χ3n) is 3.44. The van der Waals surface area contributed by atoms with Gasteiger partial charge in [0, 0.05) is 6.42 Å². The second-order valence-corrected chi connectivity index (χ2v) is 6.77. The average molecular weight is 347 g/mol. The van der Waals surface area contributed by atoms with E-state index in [0.29, 0.717) is 4.90 Å². The summed E-state index contributed by atoms with van der Waals surface area (Å²) in [6.07, 6.45) is -1.65. The van der Waals surface area contributed by atoms with E-state index < -0.39 is 41.8 Å². The van der Waals surface area contributed by atoms with Crippen molar-refractivity contribution in [2.75, 3.05) is 0 Å². The molecule has 1 aliphatic rings. The number of benzene rings is 1. The van der Waals surface area contributed by atoms with Gasteiger partial charge in [0.25, 0.3) is 0 Å². The molecule has 0 spiro atoms. The summed E-state index contributed by atoms with van der Waals surface area (Å²) in [6.45, 7) is 4.92. The minimum absolute atomic E-state index is 0.0132. The van der Waals surface area contributed by atoms with Crippen LogP contribution in [0.4, 0.5) is 4.79 Å². The summed E-state index contributed by atoms with van der Waals surface area (Å²) in [5.41, 5.74) is -0.0785. The van der Waals surface area contributed by atoms with Crippen LogP contribution in [0, 0.1) is 0 Å². The van der Waals surface area contributed by atoms with Gasteiger partial charge in [-0.05, 0) is 26.3 Å². The normalized spacial score (nSPS) is 18.0. The van der Waals surface area contributed by atoms with E-state index in [1.807, 2.05) is 6.07 Å². The van der Waals surface area contributed by atoms with Gasteiger partial charge in [-0.3, -0.25) is 9.59 Å². The van der Waals surface area contributed by atoms with Crippen LogP contribution in [0.5, 0.6) is 0 Å². The molecule has 0 aromatic heterocycles. The van der Waals surface area contributed by atoms with Crippen molar-refractivity contribution in [1.82, 2.24) is 4.90 Å². The molecule has 1 fully saturated rings. The Bertz CT molecular complexity index is 677. The number of carbonyl (C=O) groups excluding carboxylic acids is 4. The van der Waals surface area contributed by atoms with Crippen LogP contribution < -0.4 is 0 Å². The van der Waals surface area contributed by atoms with E-state index in [-0.39, 0.29) is 13.0 Å². The lowest BCUT2D eigenvalue weighted by Crippen LogP contribution is -2.55. The molecule has 1 heterocycles. The molecule has 1 saturated heterocycles. The molecule has 1 aromatic rings. The van der Waals surface area contributed by atoms with E-state index in [0.717, 1.165) is 5.56 Å². The third-order valence-corrected chi connectivity index (χ3v) is 3.44. The van der Waals surface area contributed by atoms with Crippen molar-refractivity contribution in [3.63, 3.8) is 0 Å². The first-order valence-electron chi connectivity index (χ1n) is 7.94.